The smallest absolute Gasteiger partial charge is 0.249 e. The molecule has 0 saturated heterocycles. The summed E-state index contributed by atoms with van der Waals surface area (Å²) >= 11 is 8.37. The summed E-state index contributed by atoms with van der Waals surface area (Å²) in [6.07, 6.45) is 1.49. The number of nitrogens with one attached hydrogen (secondary N) is 3. The Morgan fingerprint density at radius 3 is 2.64 bits per heavy atom. The fourth-order valence-corrected chi connectivity index (χ4v) is 3.45. The molecule has 0 unspecified atom stereocenters. The number of hydrogen-bond donors (Lipinski definition) is 3. The number of benzene rings is 1. The fraction of sp³-hybridized carbons (Fsp3) is 0.400. The van der Waals surface area contributed by atoms with Crippen molar-refractivity contribution >= 4 is 39.2 Å². The van der Waals surface area contributed by atoms with Gasteiger partial charge in [-0.15, -0.1) is 0 Å². The van der Waals surface area contributed by atoms with Gasteiger partial charge in [0.1, 0.15) is 0 Å². The van der Waals surface area contributed by atoms with Crippen molar-refractivity contribution in [3.8, 4) is 6.07 Å². The standard InChI is InChI=1S/C15H17BrN4OS/c1-9-6-15(7-9,13(21)19-20-14(22)18-2)11-3-10(8-17)4-12(16)5-11/h3-5,9H,6-7H2,1-2H3,(H,19,21)(H2,18,20,22). The van der Waals surface area contributed by atoms with E-state index in [-0.39, 0.29) is 5.91 Å². The molecule has 0 radical (unpaired) electrons. The van der Waals surface area contributed by atoms with Gasteiger partial charge in [-0.1, -0.05) is 22.9 Å². The van der Waals surface area contributed by atoms with Crippen LogP contribution in [0.15, 0.2) is 22.7 Å². The van der Waals surface area contributed by atoms with Gasteiger partial charge in [-0.3, -0.25) is 15.6 Å². The average Bonchev–Trinajstić information content (AvgIpc) is 2.47. The van der Waals surface area contributed by atoms with E-state index in [1.807, 2.05) is 6.07 Å². The van der Waals surface area contributed by atoms with Gasteiger partial charge in [0.05, 0.1) is 17.0 Å². The maximum absolute atomic E-state index is 12.7. The zero-order chi connectivity index (χ0) is 16.3. The molecule has 0 aromatic heterocycles. The van der Waals surface area contributed by atoms with Crippen LogP contribution in [0, 0.1) is 17.2 Å². The van der Waals surface area contributed by atoms with Crippen LogP contribution >= 0.6 is 28.1 Å². The molecule has 1 aliphatic rings. The highest BCUT2D eigenvalue weighted by Gasteiger charge is 2.50. The highest BCUT2D eigenvalue weighted by Crippen LogP contribution is 2.48. The van der Waals surface area contributed by atoms with Crippen molar-refractivity contribution in [2.24, 2.45) is 5.92 Å². The van der Waals surface area contributed by atoms with E-state index in [2.05, 4.69) is 45.1 Å². The van der Waals surface area contributed by atoms with E-state index in [1.54, 1.807) is 19.2 Å². The number of nitriles is 1. The third-order valence-electron chi connectivity index (χ3n) is 3.92. The van der Waals surface area contributed by atoms with Gasteiger partial charge < -0.3 is 5.32 Å². The van der Waals surface area contributed by atoms with Gasteiger partial charge in [-0.05, 0) is 54.7 Å². The average molecular weight is 381 g/mol. The Morgan fingerprint density at radius 2 is 2.09 bits per heavy atom. The molecule has 0 bridgehead atoms. The molecular formula is C15H17BrN4OS. The zero-order valence-electron chi connectivity index (χ0n) is 12.4. The minimum Gasteiger partial charge on any atom is -0.364 e. The summed E-state index contributed by atoms with van der Waals surface area (Å²) in [6, 6.07) is 7.56. The van der Waals surface area contributed by atoms with Gasteiger partial charge >= 0.3 is 0 Å². The van der Waals surface area contributed by atoms with Crippen LogP contribution in [0.2, 0.25) is 0 Å². The Morgan fingerprint density at radius 1 is 1.41 bits per heavy atom. The Bertz CT molecular complexity index is 649. The van der Waals surface area contributed by atoms with Crippen molar-refractivity contribution in [3.05, 3.63) is 33.8 Å². The van der Waals surface area contributed by atoms with E-state index in [0.29, 0.717) is 16.6 Å². The van der Waals surface area contributed by atoms with E-state index in [4.69, 9.17) is 17.5 Å². The highest BCUT2D eigenvalue weighted by molar-refractivity contribution is 9.10. The number of rotatable bonds is 2. The molecule has 0 aliphatic heterocycles. The first-order valence-corrected chi connectivity index (χ1v) is 8.11. The Labute approximate surface area is 143 Å². The van der Waals surface area contributed by atoms with Crippen LogP contribution < -0.4 is 16.2 Å². The van der Waals surface area contributed by atoms with Crippen molar-refractivity contribution in [1.82, 2.24) is 16.2 Å². The van der Waals surface area contributed by atoms with Gasteiger partial charge in [-0.25, -0.2) is 0 Å². The van der Waals surface area contributed by atoms with Crippen LogP contribution in [0.25, 0.3) is 0 Å². The van der Waals surface area contributed by atoms with Gasteiger partial charge in [0.15, 0.2) is 5.11 Å². The van der Waals surface area contributed by atoms with Crippen LogP contribution in [-0.4, -0.2) is 18.1 Å². The monoisotopic (exact) mass is 380 g/mol. The lowest BCUT2D eigenvalue weighted by Crippen LogP contribution is -2.57. The van der Waals surface area contributed by atoms with Crippen molar-refractivity contribution in [1.29, 1.82) is 5.26 Å². The van der Waals surface area contributed by atoms with Gasteiger partial charge in [0.2, 0.25) is 5.91 Å². The van der Waals surface area contributed by atoms with Crippen molar-refractivity contribution < 1.29 is 4.79 Å². The van der Waals surface area contributed by atoms with E-state index in [1.165, 1.54) is 0 Å². The number of carbonyl (C=O) groups excluding carboxylic acids is 1. The topological polar surface area (TPSA) is 76.9 Å². The number of halogens is 1. The third-order valence-corrected chi connectivity index (χ3v) is 4.69. The summed E-state index contributed by atoms with van der Waals surface area (Å²) in [5.41, 5.74) is 6.11. The number of thiocarbonyl (C=S) groups is 1. The molecule has 3 N–H and O–H groups in total. The summed E-state index contributed by atoms with van der Waals surface area (Å²) < 4.78 is 0.798. The zero-order valence-corrected chi connectivity index (χ0v) is 14.8. The summed E-state index contributed by atoms with van der Waals surface area (Å²) in [7, 11) is 1.68. The number of hydrogen-bond acceptors (Lipinski definition) is 3. The molecule has 1 aromatic carbocycles. The molecule has 1 saturated carbocycles. The van der Waals surface area contributed by atoms with Crippen LogP contribution in [0.1, 0.15) is 30.9 Å². The summed E-state index contributed by atoms with van der Waals surface area (Å²) in [5, 5.41) is 12.2. The van der Waals surface area contributed by atoms with Crippen LogP contribution in [-0.2, 0) is 10.2 Å². The normalized spacial score (nSPS) is 22.9. The molecule has 116 valence electrons. The summed E-state index contributed by atoms with van der Waals surface area (Å²) in [6.45, 7) is 2.11. The second-order valence-corrected chi connectivity index (χ2v) is 6.92. The number of amides is 1. The SMILES string of the molecule is CNC(=S)NNC(=O)C1(c2cc(Br)cc(C#N)c2)CC(C)C1. The van der Waals surface area contributed by atoms with Gasteiger partial charge in [0.25, 0.3) is 0 Å². The van der Waals surface area contributed by atoms with Crippen molar-refractivity contribution in [3.63, 3.8) is 0 Å². The lowest BCUT2D eigenvalue weighted by Gasteiger charge is -2.45. The molecule has 7 heteroatoms. The maximum Gasteiger partial charge on any atom is 0.249 e. The first kappa shape index (κ1) is 16.7. The first-order valence-electron chi connectivity index (χ1n) is 6.90. The molecule has 0 heterocycles. The lowest BCUT2D eigenvalue weighted by molar-refractivity contribution is -0.132. The van der Waals surface area contributed by atoms with E-state index < -0.39 is 5.41 Å². The predicted octanol–water partition coefficient (Wildman–Crippen LogP) is 2.11. The molecule has 1 fully saturated rings. The quantitative estimate of drug-likeness (QED) is 0.541. The Kier molecular flexibility index (Phi) is 5.04. The molecule has 0 spiro atoms. The highest BCUT2D eigenvalue weighted by atomic mass is 79.9. The molecule has 1 aromatic rings. The lowest BCUT2D eigenvalue weighted by atomic mass is 9.58. The van der Waals surface area contributed by atoms with Crippen LogP contribution in [0.3, 0.4) is 0 Å². The largest absolute Gasteiger partial charge is 0.364 e. The first-order chi connectivity index (χ1) is 10.4. The molecule has 1 amide bonds. The number of carbonyl (C=O) groups is 1. The minimum absolute atomic E-state index is 0.134. The van der Waals surface area contributed by atoms with E-state index in [0.717, 1.165) is 22.9 Å². The van der Waals surface area contributed by atoms with Crippen molar-refractivity contribution in [2.45, 2.75) is 25.2 Å². The third kappa shape index (κ3) is 3.23. The summed E-state index contributed by atoms with van der Waals surface area (Å²) in [5.74, 6) is 0.330. The second-order valence-electron chi connectivity index (χ2n) is 5.59. The molecule has 0 atom stereocenters. The second kappa shape index (κ2) is 6.63. The van der Waals surface area contributed by atoms with E-state index in [9.17, 15) is 4.79 Å². The molecule has 2 rings (SSSR count). The number of nitrogens with zero attached hydrogens (tertiary/aromatic N) is 1. The van der Waals surface area contributed by atoms with Gasteiger partial charge in [0, 0.05) is 11.5 Å². The molecule has 1 aliphatic carbocycles. The number of hydrazine groups is 1. The van der Waals surface area contributed by atoms with Crippen molar-refractivity contribution in [2.75, 3.05) is 7.05 Å². The Balaban J connectivity index is 2.29. The maximum atomic E-state index is 12.7. The molecule has 22 heavy (non-hydrogen) atoms. The molecular weight excluding hydrogens is 364 g/mol. The van der Waals surface area contributed by atoms with E-state index >= 15 is 0 Å². The van der Waals surface area contributed by atoms with Crippen LogP contribution in [0.4, 0.5) is 0 Å². The minimum atomic E-state index is -0.620. The van der Waals surface area contributed by atoms with Crippen LogP contribution in [0.5, 0.6) is 0 Å². The molecule has 5 nitrogen and oxygen atoms in total. The Hall–Kier alpha value is -1.65. The summed E-state index contributed by atoms with van der Waals surface area (Å²) in [4.78, 5) is 12.7. The predicted molar refractivity (Wildman–Crippen MR) is 91.9 cm³/mol. The van der Waals surface area contributed by atoms with Gasteiger partial charge in [-0.2, -0.15) is 5.26 Å². The fourth-order valence-electron chi connectivity index (χ4n) is 2.91.